The van der Waals surface area contributed by atoms with Crippen molar-refractivity contribution in [2.45, 2.75) is 19.4 Å². The molecule has 0 aromatic heterocycles. The number of primary amides is 1. The molecule has 0 fully saturated rings. The minimum Gasteiger partial charge on any atom is -0.490 e. The first kappa shape index (κ1) is 16.4. The first-order valence-electron chi connectivity index (χ1n) is 6.45. The molecule has 1 unspecified atom stereocenters. The van der Waals surface area contributed by atoms with E-state index in [2.05, 4.69) is 11.2 Å². The maximum atomic E-state index is 11.7. The zero-order chi connectivity index (χ0) is 15.7. The van der Waals surface area contributed by atoms with E-state index >= 15 is 0 Å². The van der Waals surface area contributed by atoms with Crippen LogP contribution < -0.4 is 20.5 Å². The molecule has 6 heteroatoms. The maximum absolute atomic E-state index is 11.7. The van der Waals surface area contributed by atoms with Crippen LogP contribution in [0.3, 0.4) is 0 Å². The molecule has 0 aliphatic carbocycles. The normalized spacial score (nSPS) is 11.0. The van der Waals surface area contributed by atoms with Crippen LogP contribution in [-0.4, -0.2) is 31.1 Å². The second-order valence-electron chi connectivity index (χ2n) is 4.10. The number of hydrogen-bond acceptors (Lipinski definition) is 4. The van der Waals surface area contributed by atoms with Gasteiger partial charge in [0.05, 0.1) is 6.61 Å². The Hall–Kier alpha value is -2.68. The molecule has 21 heavy (non-hydrogen) atoms. The second kappa shape index (κ2) is 8.48. The highest BCUT2D eigenvalue weighted by Gasteiger charge is 2.17. The minimum absolute atomic E-state index is 0.0383. The molecule has 0 aliphatic heterocycles. The van der Waals surface area contributed by atoms with Crippen LogP contribution >= 0.6 is 0 Å². The van der Waals surface area contributed by atoms with Gasteiger partial charge in [-0.1, -0.05) is 12.1 Å². The Morgan fingerprint density at radius 2 is 1.95 bits per heavy atom. The third-order valence-corrected chi connectivity index (χ3v) is 2.51. The summed E-state index contributed by atoms with van der Waals surface area (Å²) in [5.74, 6) is 2.10. The van der Waals surface area contributed by atoms with Crippen LogP contribution in [0, 0.1) is 12.3 Å². The largest absolute Gasteiger partial charge is 0.490 e. The van der Waals surface area contributed by atoms with E-state index in [-0.39, 0.29) is 13.0 Å². The highest BCUT2D eigenvalue weighted by molar-refractivity contribution is 5.87. The SMILES string of the molecule is C#CCC(NC(=O)COc1ccccc1OCC)C(N)=O. The van der Waals surface area contributed by atoms with Crippen LogP contribution in [0.15, 0.2) is 24.3 Å². The molecule has 6 nitrogen and oxygen atoms in total. The molecule has 2 amide bonds. The van der Waals surface area contributed by atoms with E-state index < -0.39 is 17.9 Å². The van der Waals surface area contributed by atoms with Crippen LogP contribution in [0.1, 0.15) is 13.3 Å². The van der Waals surface area contributed by atoms with E-state index in [1.807, 2.05) is 6.92 Å². The number of carbonyl (C=O) groups is 2. The van der Waals surface area contributed by atoms with Gasteiger partial charge in [0, 0.05) is 6.42 Å². The van der Waals surface area contributed by atoms with Gasteiger partial charge < -0.3 is 20.5 Å². The van der Waals surface area contributed by atoms with Gasteiger partial charge in [-0.3, -0.25) is 9.59 Å². The smallest absolute Gasteiger partial charge is 0.258 e. The number of hydrogen-bond donors (Lipinski definition) is 2. The van der Waals surface area contributed by atoms with Crippen molar-refractivity contribution in [2.24, 2.45) is 5.73 Å². The Kier molecular flexibility index (Phi) is 6.61. The first-order valence-corrected chi connectivity index (χ1v) is 6.45. The summed E-state index contributed by atoms with van der Waals surface area (Å²) in [4.78, 5) is 22.8. The molecule has 3 N–H and O–H groups in total. The number of terminal acetylenes is 1. The van der Waals surface area contributed by atoms with Crippen molar-refractivity contribution in [1.29, 1.82) is 0 Å². The molecule has 0 heterocycles. The lowest BCUT2D eigenvalue weighted by Crippen LogP contribution is -2.45. The third kappa shape index (κ3) is 5.45. The molecule has 0 aliphatic rings. The Bertz CT molecular complexity index is 537. The Morgan fingerprint density at radius 1 is 1.33 bits per heavy atom. The molecule has 0 saturated heterocycles. The summed E-state index contributed by atoms with van der Waals surface area (Å²) in [6.07, 6.45) is 5.14. The first-order chi connectivity index (χ1) is 10.1. The van der Waals surface area contributed by atoms with Crippen molar-refractivity contribution < 1.29 is 19.1 Å². The molecule has 0 saturated carbocycles. The molecule has 112 valence electrons. The van der Waals surface area contributed by atoms with E-state index in [9.17, 15) is 9.59 Å². The molecule has 1 aromatic rings. The maximum Gasteiger partial charge on any atom is 0.258 e. The van der Waals surface area contributed by atoms with Gasteiger partial charge in [0.1, 0.15) is 6.04 Å². The summed E-state index contributed by atoms with van der Waals surface area (Å²) in [5.41, 5.74) is 5.13. The van der Waals surface area contributed by atoms with E-state index in [0.29, 0.717) is 18.1 Å². The standard InChI is InChI=1S/C15H18N2O4/c1-3-7-11(15(16)19)17-14(18)10-21-13-9-6-5-8-12(13)20-4-2/h1,5-6,8-9,11H,4,7,10H2,2H3,(H2,16,19)(H,17,18). The average Bonchev–Trinajstić information content (AvgIpc) is 2.46. The predicted molar refractivity (Wildman–Crippen MR) is 77.7 cm³/mol. The van der Waals surface area contributed by atoms with Gasteiger partial charge in [-0.2, -0.15) is 0 Å². The lowest BCUT2D eigenvalue weighted by molar-refractivity contribution is -0.128. The summed E-state index contributed by atoms with van der Waals surface area (Å²) in [5, 5.41) is 2.42. The van der Waals surface area contributed by atoms with Gasteiger partial charge >= 0.3 is 0 Å². The second-order valence-corrected chi connectivity index (χ2v) is 4.10. The zero-order valence-electron chi connectivity index (χ0n) is 11.8. The van der Waals surface area contributed by atoms with Gasteiger partial charge in [-0.15, -0.1) is 12.3 Å². The van der Waals surface area contributed by atoms with Crippen molar-refractivity contribution in [1.82, 2.24) is 5.32 Å². The topological polar surface area (TPSA) is 90.7 Å². The Labute approximate surface area is 123 Å². The van der Waals surface area contributed by atoms with Crippen LogP contribution in [0.5, 0.6) is 11.5 Å². The Balaban J connectivity index is 2.57. The zero-order valence-corrected chi connectivity index (χ0v) is 11.8. The number of ether oxygens (including phenoxy) is 2. The van der Waals surface area contributed by atoms with Crippen LogP contribution in [-0.2, 0) is 9.59 Å². The number of benzene rings is 1. The minimum atomic E-state index is -0.895. The van der Waals surface area contributed by atoms with Gasteiger partial charge in [0.25, 0.3) is 5.91 Å². The van der Waals surface area contributed by atoms with Gasteiger partial charge in [0.2, 0.25) is 5.91 Å². The molecule has 1 rings (SSSR count). The molecule has 0 bridgehead atoms. The van der Waals surface area contributed by atoms with Crippen LogP contribution in [0.2, 0.25) is 0 Å². The lowest BCUT2D eigenvalue weighted by atomic mass is 10.2. The number of nitrogens with one attached hydrogen (secondary N) is 1. The fourth-order valence-electron chi connectivity index (χ4n) is 1.56. The average molecular weight is 290 g/mol. The molecular weight excluding hydrogens is 272 g/mol. The number of nitrogens with two attached hydrogens (primary N) is 1. The summed E-state index contributed by atoms with van der Waals surface area (Å²) >= 11 is 0. The third-order valence-electron chi connectivity index (χ3n) is 2.51. The molecule has 1 atom stereocenters. The number of carbonyl (C=O) groups excluding carboxylic acids is 2. The van der Waals surface area contributed by atoms with Crippen LogP contribution in [0.4, 0.5) is 0 Å². The van der Waals surface area contributed by atoms with Crippen LogP contribution in [0.25, 0.3) is 0 Å². The van der Waals surface area contributed by atoms with Gasteiger partial charge in [-0.25, -0.2) is 0 Å². The van der Waals surface area contributed by atoms with Gasteiger partial charge in [-0.05, 0) is 19.1 Å². The van der Waals surface area contributed by atoms with Crippen molar-refractivity contribution >= 4 is 11.8 Å². The monoisotopic (exact) mass is 290 g/mol. The van der Waals surface area contributed by atoms with Crippen molar-refractivity contribution in [3.05, 3.63) is 24.3 Å². The quantitative estimate of drug-likeness (QED) is 0.680. The predicted octanol–water partition coefficient (Wildman–Crippen LogP) is 0.457. The van der Waals surface area contributed by atoms with E-state index in [1.165, 1.54) is 0 Å². The molecular formula is C15H18N2O4. The fourth-order valence-corrected chi connectivity index (χ4v) is 1.56. The summed E-state index contributed by atoms with van der Waals surface area (Å²) < 4.78 is 10.7. The number of rotatable bonds is 8. The highest BCUT2D eigenvalue weighted by atomic mass is 16.5. The number of amides is 2. The van der Waals surface area contributed by atoms with Crippen molar-refractivity contribution in [3.63, 3.8) is 0 Å². The van der Waals surface area contributed by atoms with E-state index in [4.69, 9.17) is 21.6 Å². The Morgan fingerprint density at radius 3 is 2.48 bits per heavy atom. The summed E-state index contributed by atoms with van der Waals surface area (Å²) in [7, 11) is 0. The summed E-state index contributed by atoms with van der Waals surface area (Å²) in [6, 6.07) is 6.09. The van der Waals surface area contributed by atoms with E-state index in [1.54, 1.807) is 24.3 Å². The lowest BCUT2D eigenvalue weighted by Gasteiger charge is -2.14. The molecule has 0 spiro atoms. The number of para-hydroxylation sites is 2. The molecule has 1 aromatic carbocycles. The summed E-state index contributed by atoms with van der Waals surface area (Å²) in [6.45, 7) is 2.07. The van der Waals surface area contributed by atoms with Gasteiger partial charge in [0.15, 0.2) is 18.1 Å². The van der Waals surface area contributed by atoms with Crippen molar-refractivity contribution in [2.75, 3.05) is 13.2 Å². The van der Waals surface area contributed by atoms with E-state index in [0.717, 1.165) is 0 Å². The van der Waals surface area contributed by atoms with Crippen molar-refractivity contribution in [3.8, 4) is 23.8 Å². The fraction of sp³-hybridized carbons (Fsp3) is 0.333. The molecule has 0 radical (unpaired) electrons. The highest BCUT2D eigenvalue weighted by Crippen LogP contribution is 2.26.